The van der Waals surface area contributed by atoms with Crippen LogP contribution in [0.1, 0.15) is 40.0 Å². The summed E-state index contributed by atoms with van der Waals surface area (Å²) in [7, 11) is 0. The van der Waals surface area contributed by atoms with Crippen LogP contribution in [-0.4, -0.2) is 5.78 Å². The molecule has 0 aliphatic heterocycles. The highest BCUT2D eigenvalue weighted by atomic mass is 16.1. The molecule has 0 aromatic rings. The Labute approximate surface area is 75.9 Å². The SMILES string of the molecule is C=C[C@H](C)[C@H](C)C(=O)CCCC. The second-order valence-electron chi connectivity index (χ2n) is 3.45. The Kier molecular flexibility index (Phi) is 5.69. The zero-order valence-corrected chi connectivity index (χ0v) is 8.47. The van der Waals surface area contributed by atoms with Crippen molar-refractivity contribution >= 4 is 5.78 Å². The van der Waals surface area contributed by atoms with Crippen molar-refractivity contribution < 1.29 is 4.79 Å². The van der Waals surface area contributed by atoms with Crippen LogP contribution in [-0.2, 0) is 4.79 Å². The van der Waals surface area contributed by atoms with Gasteiger partial charge in [-0.2, -0.15) is 0 Å². The summed E-state index contributed by atoms with van der Waals surface area (Å²) in [5.74, 6) is 0.840. The van der Waals surface area contributed by atoms with Crippen LogP contribution in [0.25, 0.3) is 0 Å². The van der Waals surface area contributed by atoms with Gasteiger partial charge in [0, 0.05) is 12.3 Å². The van der Waals surface area contributed by atoms with Gasteiger partial charge in [-0.15, -0.1) is 6.58 Å². The Morgan fingerprint density at radius 2 is 2.08 bits per heavy atom. The fourth-order valence-electron chi connectivity index (χ4n) is 1.08. The van der Waals surface area contributed by atoms with Gasteiger partial charge >= 0.3 is 0 Å². The molecule has 0 N–H and O–H groups in total. The van der Waals surface area contributed by atoms with Crippen molar-refractivity contribution in [1.82, 2.24) is 0 Å². The lowest BCUT2D eigenvalue weighted by molar-refractivity contribution is -0.123. The van der Waals surface area contributed by atoms with Crippen molar-refractivity contribution in [2.45, 2.75) is 40.0 Å². The van der Waals surface area contributed by atoms with Crippen LogP contribution in [0, 0.1) is 11.8 Å². The third-order valence-electron chi connectivity index (χ3n) is 2.45. The van der Waals surface area contributed by atoms with E-state index in [0.29, 0.717) is 11.7 Å². The van der Waals surface area contributed by atoms with Crippen molar-refractivity contribution in [3.05, 3.63) is 12.7 Å². The van der Waals surface area contributed by atoms with Crippen molar-refractivity contribution in [3.8, 4) is 0 Å². The maximum atomic E-state index is 11.5. The summed E-state index contributed by atoms with van der Waals surface area (Å²) in [6.07, 6.45) is 4.71. The molecule has 12 heavy (non-hydrogen) atoms. The predicted octanol–water partition coefficient (Wildman–Crippen LogP) is 3.20. The molecule has 70 valence electrons. The molecule has 0 aliphatic carbocycles. The highest BCUT2D eigenvalue weighted by molar-refractivity contribution is 5.81. The van der Waals surface area contributed by atoms with Crippen LogP contribution in [0.3, 0.4) is 0 Å². The number of hydrogen-bond donors (Lipinski definition) is 0. The first-order chi connectivity index (χ1) is 5.63. The minimum absolute atomic E-state index is 0.147. The van der Waals surface area contributed by atoms with Gasteiger partial charge < -0.3 is 0 Å². The Morgan fingerprint density at radius 3 is 2.50 bits per heavy atom. The molecule has 0 unspecified atom stereocenters. The lowest BCUT2D eigenvalue weighted by atomic mass is 9.90. The molecule has 1 nitrogen and oxygen atoms in total. The number of allylic oxidation sites excluding steroid dienone is 1. The molecule has 0 amide bonds. The van der Waals surface area contributed by atoms with E-state index in [0.717, 1.165) is 19.3 Å². The summed E-state index contributed by atoms with van der Waals surface area (Å²) in [6.45, 7) is 9.83. The van der Waals surface area contributed by atoms with Gasteiger partial charge in [0.2, 0.25) is 0 Å². The van der Waals surface area contributed by atoms with Crippen LogP contribution in [0.15, 0.2) is 12.7 Å². The largest absolute Gasteiger partial charge is 0.299 e. The molecule has 0 aliphatic rings. The Hall–Kier alpha value is -0.590. The van der Waals surface area contributed by atoms with Gasteiger partial charge in [0.1, 0.15) is 5.78 Å². The van der Waals surface area contributed by atoms with Gasteiger partial charge in [-0.25, -0.2) is 0 Å². The van der Waals surface area contributed by atoms with Crippen LogP contribution < -0.4 is 0 Å². The fraction of sp³-hybridized carbons (Fsp3) is 0.727. The average Bonchev–Trinajstić information content (AvgIpc) is 2.11. The molecular weight excluding hydrogens is 148 g/mol. The first-order valence-electron chi connectivity index (χ1n) is 4.78. The Morgan fingerprint density at radius 1 is 1.50 bits per heavy atom. The molecule has 1 heteroatoms. The lowest BCUT2D eigenvalue weighted by Gasteiger charge is -2.14. The summed E-state index contributed by atoms with van der Waals surface area (Å²) in [4.78, 5) is 11.5. The zero-order valence-electron chi connectivity index (χ0n) is 8.47. The normalized spacial score (nSPS) is 15.2. The predicted molar refractivity (Wildman–Crippen MR) is 53.1 cm³/mol. The molecule has 0 aromatic heterocycles. The van der Waals surface area contributed by atoms with Crippen LogP contribution in [0.2, 0.25) is 0 Å². The monoisotopic (exact) mass is 168 g/mol. The molecular formula is C11H20O. The maximum Gasteiger partial charge on any atom is 0.136 e. The number of ketones is 1. The highest BCUT2D eigenvalue weighted by Gasteiger charge is 2.16. The zero-order chi connectivity index (χ0) is 9.56. The first kappa shape index (κ1) is 11.4. The van der Waals surface area contributed by atoms with Crippen molar-refractivity contribution in [2.75, 3.05) is 0 Å². The van der Waals surface area contributed by atoms with Crippen molar-refractivity contribution in [2.24, 2.45) is 11.8 Å². The first-order valence-corrected chi connectivity index (χ1v) is 4.78. The van der Waals surface area contributed by atoms with Gasteiger partial charge in [-0.05, 0) is 12.3 Å². The second-order valence-corrected chi connectivity index (χ2v) is 3.45. The molecule has 0 spiro atoms. The molecule has 0 radical (unpaired) electrons. The maximum absolute atomic E-state index is 11.5. The van der Waals surface area contributed by atoms with E-state index < -0.39 is 0 Å². The van der Waals surface area contributed by atoms with Gasteiger partial charge in [-0.1, -0.05) is 33.3 Å². The molecule has 0 saturated carbocycles. The third kappa shape index (κ3) is 3.70. The average molecular weight is 168 g/mol. The number of hydrogen-bond acceptors (Lipinski definition) is 1. The van der Waals surface area contributed by atoms with Gasteiger partial charge in [0.25, 0.3) is 0 Å². The fourth-order valence-corrected chi connectivity index (χ4v) is 1.08. The summed E-state index contributed by atoms with van der Waals surface area (Å²) >= 11 is 0. The van der Waals surface area contributed by atoms with E-state index in [1.54, 1.807) is 0 Å². The second kappa shape index (κ2) is 5.99. The highest BCUT2D eigenvalue weighted by Crippen LogP contribution is 2.15. The van der Waals surface area contributed by atoms with E-state index in [-0.39, 0.29) is 5.92 Å². The van der Waals surface area contributed by atoms with E-state index in [1.807, 2.05) is 19.9 Å². The summed E-state index contributed by atoms with van der Waals surface area (Å²) in [5, 5.41) is 0. The molecule has 0 saturated heterocycles. The molecule has 0 rings (SSSR count). The molecule has 0 aromatic carbocycles. The van der Waals surface area contributed by atoms with Gasteiger partial charge in [-0.3, -0.25) is 4.79 Å². The van der Waals surface area contributed by atoms with E-state index in [2.05, 4.69) is 13.5 Å². The Bertz CT molecular complexity index is 149. The molecule has 0 heterocycles. The van der Waals surface area contributed by atoms with Crippen LogP contribution >= 0.6 is 0 Å². The summed E-state index contributed by atoms with van der Waals surface area (Å²) < 4.78 is 0. The van der Waals surface area contributed by atoms with Gasteiger partial charge in [0.15, 0.2) is 0 Å². The molecule has 2 atom stereocenters. The van der Waals surface area contributed by atoms with Crippen molar-refractivity contribution in [3.63, 3.8) is 0 Å². The van der Waals surface area contributed by atoms with Gasteiger partial charge in [0.05, 0.1) is 0 Å². The van der Waals surface area contributed by atoms with E-state index >= 15 is 0 Å². The number of carbonyl (C=O) groups excluding carboxylic acids is 1. The van der Waals surface area contributed by atoms with E-state index in [9.17, 15) is 4.79 Å². The smallest absolute Gasteiger partial charge is 0.136 e. The third-order valence-corrected chi connectivity index (χ3v) is 2.45. The van der Waals surface area contributed by atoms with E-state index in [4.69, 9.17) is 0 Å². The number of rotatable bonds is 6. The summed E-state index contributed by atoms with van der Waals surface area (Å²) in [5.41, 5.74) is 0. The van der Waals surface area contributed by atoms with E-state index in [1.165, 1.54) is 0 Å². The quantitative estimate of drug-likeness (QED) is 0.557. The molecule has 0 fully saturated rings. The number of Topliss-reactive ketones (excluding diaryl/α,β-unsaturated/α-hetero) is 1. The summed E-state index contributed by atoms with van der Waals surface area (Å²) in [6, 6.07) is 0. The lowest BCUT2D eigenvalue weighted by Crippen LogP contribution is -2.16. The minimum Gasteiger partial charge on any atom is -0.299 e. The van der Waals surface area contributed by atoms with Crippen molar-refractivity contribution in [1.29, 1.82) is 0 Å². The molecule has 0 bridgehead atoms. The minimum atomic E-state index is 0.147. The number of carbonyl (C=O) groups is 1. The topological polar surface area (TPSA) is 17.1 Å². The standard InChI is InChI=1S/C11H20O/c1-5-7-8-11(12)10(4)9(3)6-2/h6,9-10H,2,5,7-8H2,1,3-4H3/t9-,10-/m0/s1. The Balaban J connectivity index is 3.83. The van der Waals surface area contributed by atoms with Crippen LogP contribution in [0.5, 0.6) is 0 Å². The number of unbranched alkanes of at least 4 members (excludes halogenated alkanes) is 1. The van der Waals surface area contributed by atoms with Crippen LogP contribution in [0.4, 0.5) is 0 Å².